The molecule has 66 valence electrons. The van der Waals surface area contributed by atoms with E-state index < -0.39 is 0 Å². The molecule has 0 bridgehead atoms. The van der Waals surface area contributed by atoms with E-state index in [4.69, 9.17) is 5.73 Å². The van der Waals surface area contributed by atoms with Crippen LogP contribution in [0, 0.1) is 0 Å². The normalized spacial score (nSPS) is 9.75. The van der Waals surface area contributed by atoms with Gasteiger partial charge < -0.3 is 16.0 Å². The molecule has 0 unspecified atom stereocenters. The minimum atomic E-state index is -0.340. The molecule has 1 heterocycles. The van der Waals surface area contributed by atoms with Crippen LogP contribution in [0.5, 0.6) is 0 Å². The number of nitrogens with two attached hydrogens (primary N) is 1. The number of H-pyrrole nitrogens is 1. The number of aromatic nitrogens is 2. The second kappa shape index (κ2) is 4.50. The third-order valence-corrected chi connectivity index (χ3v) is 1.36. The van der Waals surface area contributed by atoms with Crippen LogP contribution < -0.4 is 16.7 Å². The highest BCUT2D eigenvalue weighted by Gasteiger charge is 1.91. The molecular weight excluding hydrogens is 156 g/mol. The van der Waals surface area contributed by atoms with Crippen molar-refractivity contribution >= 4 is 5.82 Å². The van der Waals surface area contributed by atoms with E-state index in [0.29, 0.717) is 12.4 Å². The zero-order chi connectivity index (χ0) is 8.81. The molecule has 1 rings (SSSR count). The number of aromatic amines is 1. The third-order valence-electron chi connectivity index (χ3n) is 1.36. The van der Waals surface area contributed by atoms with Crippen LogP contribution in [0.4, 0.5) is 5.82 Å². The Hall–Kier alpha value is -1.36. The maximum Gasteiger partial charge on any atom is 0.346 e. The van der Waals surface area contributed by atoms with E-state index in [1.165, 1.54) is 0 Å². The Morgan fingerprint density at radius 1 is 1.67 bits per heavy atom. The van der Waals surface area contributed by atoms with Crippen LogP contribution >= 0.6 is 0 Å². The van der Waals surface area contributed by atoms with Crippen LogP contribution in [-0.4, -0.2) is 23.1 Å². The highest BCUT2D eigenvalue weighted by molar-refractivity contribution is 5.31. The largest absolute Gasteiger partial charge is 0.370 e. The Morgan fingerprint density at radius 2 is 2.50 bits per heavy atom. The summed E-state index contributed by atoms with van der Waals surface area (Å²) in [5, 5.41) is 2.98. The molecule has 0 aromatic carbocycles. The van der Waals surface area contributed by atoms with E-state index in [0.717, 1.165) is 13.0 Å². The minimum Gasteiger partial charge on any atom is -0.370 e. The predicted octanol–water partition coefficient (Wildman–Crippen LogP) is -0.469. The molecule has 0 aliphatic carbocycles. The number of hydrogen-bond donors (Lipinski definition) is 3. The first-order valence-corrected chi connectivity index (χ1v) is 3.82. The number of anilines is 1. The van der Waals surface area contributed by atoms with Crippen molar-refractivity contribution < 1.29 is 0 Å². The lowest BCUT2D eigenvalue weighted by atomic mass is 10.4. The van der Waals surface area contributed by atoms with Gasteiger partial charge in [0.25, 0.3) is 0 Å². The Balaban J connectivity index is 2.47. The molecular formula is C7H12N4O. The average Bonchev–Trinajstić information content (AvgIpc) is 2.05. The van der Waals surface area contributed by atoms with Crippen LogP contribution in [0.3, 0.4) is 0 Å². The standard InChI is InChI=1S/C7H12N4O/c8-3-1-4-9-6-2-5-10-7(12)11-6/h2,5H,1,3-4,8H2,(H2,9,10,11,12). The van der Waals surface area contributed by atoms with E-state index >= 15 is 0 Å². The van der Waals surface area contributed by atoms with Gasteiger partial charge in [-0.05, 0) is 19.0 Å². The first-order valence-electron chi connectivity index (χ1n) is 3.82. The zero-order valence-electron chi connectivity index (χ0n) is 6.71. The fraction of sp³-hybridized carbons (Fsp3) is 0.429. The summed E-state index contributed by atoms with van der Waals surface area (Å²) in [6.45, 7) is 1.38. The molecule has 0 fully saturated rings. The van der Waals surface area contributed by atoms with Crippen molar-refractivity contribution in [2.24, 2.45) is 5.73 Å². The Labute approximate surface area is 70.0 Å². The number of nitrogens with one attached hydrogen (secondary N) is 2. The van der Waals surface area contributed by atoms with Gasteiger partial charge in [0.05, 0.1) is 0 Å². The maximum absolute atomic E-state index is 10.7. The maximum atomic E-state index is 10.7. The van der Waals surface area contributed by atoms with E-state index in [1.807, 2.05) is 0 Å². The topological polar surface area (TPSA) is 83.8 Å². The molecule has 0 aliphatic heterocycles. The molecule has 0 saturated heterocycles. The van der Waals surface area contributed by atoms with Crippen molar-refractivity contribution in [1.82, 2.24) is 9.97 Å². The Bertz CT molecular complexity index is 283. The summed E-state index contributed by atoms with van der Waals surface area (Å²) in [5.74, 6) is 0.590. The van der Waals surface area contributed by atoms with Crippen LogP contribution in [0.15, 0.2) is 17.1 Å². The van der Waals surface area contributed by atoms with Gasteiger partial charge in [0, 0.05) is 12.7 Å². The van der Waals surface area contributed by atoms with E-state index in [9.17, 15) is 4.79 Å². The van der Waals surface area contributed by atoms with Crippen molar-refractivity contribution in [1.29, 1.82) is 0 Å². The number of hydrogen-bond acceptors (Lipinski definition) is 4. The van der Waals surface area contributed by atoms with Crippen molar-refractivity contribution in [2.45, 2.75) is 6.42 Å². The molecule has 0 amide bonds. The lowest BCUT2D eigenvalue weighted by Crippen LogP contribution is -2.14. The van der Waals surface area contributed by atoms with Gasteiger partial charge in [0.15, 0.2) is 0 Å². The smallest absolute Gasteiger partial charge is 0.346 e. The molecule has 0 atom stereocenters. The minimum absolute atomic E-state index is 0.340. The molecule has 0 spiro atoms. The fourth-order valence-corrected chi connectivity index (χ4v) is 0.788. The zero-order valence-corrected chi connectivity index (χ0v) is 6.71. The van der Waals surface area contributed by atoms with Gasteiger partial charge in [-0.25, -0.2) is 4.79 Å². The van der Waals surface area contributed by atoms with Crippen molar-refractivity contribution in [3.8, 4) is 0 Å². The van der Waals surface area contributed by atoms with Crippen LogP contribution in [0.2, 0.25) is 0 Å². The predicted molar refractivity (Wildman–Crippen MR) is 47.0 cm³/mol. The molecule has 0 radical (unpaired) electrons. The SMILES string of the molecule is NCCCNc1cc[nH]c(=O)n1. The van der Waals surface area contributed by atoms with Gasteiger partial charge in [-0.3, -0.25) is 0 Å². The lowest BCUT2D eigenvalue weighted by Gasteiger charge is -2.01. The van der Waals surface area contributed by atoms with Gasteiger partial charge in [-0.15, -0.1) is 0 Å². The van der Waals surface area contributed by atoms with E-state index in [-0.39, 0.29) is 5.69 Å². The summed E-state index contributed by atoms with van der Waals surface area (Å²) in [6, 6.07) is 1.71. The molecule has 1 aromatic heterocycles. The summed E-state index contributed by atoms with van der Waals surface area (Å²) < 4.78 is 0. The van der Waals surface area contributed by atoms with Gasteiger partial charge in [0.2, 0.25) is 0 Å². The first-order chi connectivity index (χ1) is 5.83. The summed E-state index contributed by atoms with van der Waals surface area (Å²) in [6.07, 6.45) is 2.43. The summed E-state index contributed by atoms with van der Waals surface area (Å²) in [5.41, 5.74) is 4.95. The second-order valence-electron chi connectivity index (χ2n) is 2.35. The van der Waals surface area contributed by atoms with Gasteiger partial charge in [-0.2, -0.15) is 4.98 Å². The Morgan fingerprint density at radius 3 is 3.17 bits per heavy atom. The van der Waals surface area contributed by atoms with Crippen LogP contribution in [0.1, 0.15) is 6.42 Å². The molecule has 5 nitrogen and oxygen atoms in total. The summed E-state index contributed by atoms with van der Waals surface area (Å²) >= 11 is 0. The Kier molecular flexibility index (Phi) is 3.28. The van der Waals surface area contributed by atoms with Crippen molar-refractivity contribution in [3.05, 3.63) is 22.7 Å². The van der Waals surface area contributed by atoms with Crippen molar-refractivity contribution in [2.75, 3.05) is 18.4 Å². The molecule has 4 N–H and O–H groups in total. The number of nitrogens with zero attached hydrogens (tertiary/aromatic N) is 1. The molecule has 0 aliphatic rings. The van der Waals surface area contributed by atoms with Crippen molar-refractivity contribution in [3.63, 3.8) is 0 Å². The van der Waals surface area contributed by atoms with Gasteiger partial charge >= 0.3 is 5.69 Å². The van der Waals surface area contributed by atoms with E-state index in [2.05, 4.69) is 15.3 Å². The number of rotatable bonds is 4. The molecule has 1 aromatic rings. The van der Waals surface area contributed by atoms with E-state index in [1.54, 1.807) is 12.3 Å². The highest BCUT2D eigenvalue weighted by atomic mass is 16.1. The summed E-state index contributed by atoms with van der Waals surface area (Å²) in [7, 11) is 0. The van der Waals surface area contributed by atoms with Crippen LogP contribution in [0.25, 0.3) is 0 Å². The molecule has 12 heavy (non-hydrogen) atoms. The second-order valence-corrected chi connectivity index (χ2v) is 2.35. The quantitative estimate of drug-likeness (QED) is 0.531. The monoisotopic (exact) mass is 168 g/mol. The van der Waals surface area contributed by atoms with Crippen LogP contribution in [-0.2, 0) is 0 Å². The fourth-order valence-electron chi connectivity index (χ4n) is 0.788. The summed E-state index contributed by atoms with van der Waals surface area (Å²) in [4.78, 5) is 16.8. The average molecular weight is 168 g/mol. The molecule has 5 heteroatoms. The first kappa shape index (κ1) is 8.73. The third kappa shape index (κ3) is 2.71. The van der Waals surface area contributed by atoms with Gasteiger partial charge in [-0.1, -0.05) is 0 Å². The highest BCUT2D eigenvalue weighted by Crippen LogP contribution is 1.94. The van der Waals surface area contributed by atoms with Gasteiger partial charge in [0.1, 0.15) is 5.82 Å². The lowest BCUT2D eigenvalue weighted by molar-refractivity contribution is 0.867. The molecule has 0 saturated carbocycles.